The highest BCUT2D eigenvalue weighted by Gasteiger charge is 2.15. The maximum absolute atomic E-state index is 13.3. The van der Waals surface area contributed by atoms with Crippen molar-refractivity contribution in [3.63, 3.8) is 0 Å². The smallest absolute Gasteiger partial charge is 0.124 e. The molecule has 1 aromatic carbocycles. The Morgan fingerprint density at radius 1 is 1.44 bits per heavy atom. The lowest BCUT2D eigenvalue weighted by molar-refractivity contribution is 0.588. The maximum Gasteiger partial charge on any atom is 0.124 e. The molecule has 2 nitrogen and oxygen atoms in total. The van der Waals surface area contributed by atoms with Crippen LogP contribution in [0, 0.1) is 12.7 Å². The van der Waals surface area contributed by atoms with Crippen LogP contribution >= 0.6 is 27.3 Å². The van der Waals surface area contributed by atoms with Crippen molar-refractivity contribution in [2.24, 2.45) is 0 Å². The first-order valence-electron chi connectivity index (χ1n) is 5.62. The normalized spacial score (nSPS) is 12.7. The average molecular weight is 329 g/mol. The summed E-state index contributed by atoms with van der Waals surface area (Å²) >= 11 is 4.95. The van der Waals surface area contributed by atoms with Crippen LogP contribution in [0.25, 0.3) is 0 Å². The molecule has 0 aliphatic rings. The molecule has 0 saturated carbocycles. The molecule has 18 heavy (non-hydrogen) atoms. The van der Waals surface area contributed by atoms with Gasteiger partial charge in [0.05, 0.1) is 11.2 Å². The number of nitrogens with zero attached hydrogens (tertiary/aromatic N) is 1. The van der Waals surface area contributed by atoms with E-state index in [1.807, 2.05) is 25.5 Å². The molecule has 1 N–H and O–H groups in total. The Hall–Kier alpha value is -0.780. The van der Waals surface area contributed by atoms with Gasteiger partial charge < -0.3 is 5.32 Å². The highest BCUT2D eigenvalue weighted by molar-refractivity contribution is 9.10. The lowest BCUT2D eigenvalue weighted by Crippen LogP contribution is -2.18. The van der Waals surface area contributed by atoms with E-state index >= 15 is 0 Å². The van der Waals surface area contributed by atoms with Gasteiger partial charge in [0.25, 0.3) is 0 Å². The Morgan fingerprint density at radius 3 is 2.78 bits per heavy atom. The minimum atomic E-state index is -0.213. The van der Waals surface area contributed by atoms with E-state index < -0.39 is 0 Å². The van der Waals surface area contributed by atoms with Crippen LogP contribution in [0.1, 0.15) is 22.2 Å². The Labute approximate surface area is 118 Å². The number of hydrogen-bond donors (Lipinski definition) is 1. The van der Waals surface area contributed by atoms with E-state index in [9.17, 15) is 4.39 Å². The number of thiazole rings is 1. The number of likely N-dealkylation sites (N-methyl/N-ethyl adjacent to an activating group) is 1. The Bertz CT molecular complexity index is 521. The van der Waals surface area contributed by atoms with E-state index in [1.165, 1.54) is 10.9 Å². The number of hydrogen-bond acceptors (Lipinski definition) is 3. The number of halogens is 2. The quantitative estimate of drug-likeness (QED) is 0.921. The maximum atomic E-state index is 13.3. The third kappa shape index (κ3) is 3.16. The molecule has 1 atom stereocenters. The standard InChI is InChI=1S/C13H14BrFN2S/c1-8-13(18-7-17-8)12(16-2)5-9-3-10(14)6-11(15)4-9/h3-4,6-7,12,16H,5H2,1-2H3. The molecule has 0 radical (unpaired) electrons. The zero-order valence-corrected chi connectivity index (χ0v) is 12.6. The zero-order chi connectivity index (χ0) is 13.1. The van der Waals surface area contributed by atoms with Crippen molar-refractivity contribution < 1.29 is 4.39 Å². The Balaban J connectivity index is 2.23. The molecule has 0 amide bonds. The molecule has 1 unspecified atom stereocenters. The van der Waals surface area contributed by atoms with Gasteiger partial charge in [0.2, 0.25) is 0 Å². The van der Waals surface area contributed by atoms with Gasteiger partial charge in [-0.25, -0.2) is 9.37 Å². The van der Waals surface area contributed by atoms with Gasteiger partial charge in [0.1, 0.15) is 5.82 Å². The summed E-state index contributed by atoms with van der Waals surface area (Å²) in [4.78, 5) is 5.46. The summed E-state index contributed by atoms with van der Waals surface area (Å²) in [5.41, 5.74) is 3.85. The van der Waals surface area contributed by atoms with Crippen LogP contribution in [0.5, 0.6) is 0 Å². The second-order valence-electron chi connectivity index (χ2n) is 4.13. The first kappa shape index (κ1) is 13.6. The van der Waals surface area contributed by atoms with Crippen LogP contribution in [-0.2, 0) is 6.42 Å². The van der Waals surface area contributed by atoms with Gasteiger partial charge in [-0.1, -0.05) is 15.9 Å². The summed E-state index contributed by atoms with van der Waals surface area (Å²) in [6.07, 6.45) is 0.746. The van der Waals surface area contributed by atoms with Gasteiger partial charge in [-0.3, -0.25) is 0 Å². The molecule has 1 heterocycles. The largest absolute Gasteiger partial charge is 0.312 e. The number of aryl methyl sites for hydroxylation is 1. The monoisotopic (exact) mass is 328 g/mol. The van der Waals surface area contributed by atoms with Gasteiger partial charge in [-0.2, -0.15) is 0 Å². The number of rotatable bonds is 4. The SMILES string of the molecule is CNC(Cc1cc(F)cc(Br)c1)c1scnc1C. The third-order valence-corrected chi connectivity index (χ3v) is 4.31. The van der Waals surface area contributed by atoms with Crippen LogP contribution in [0.4, 0.5) is 4.39 Å². The highest BCUT2D eigenvalue weighted by atomic mass is 79.9. The lowest BCUT2D eigenvalue weighted by atomic mass is 10.0. The van der Waals surface area contributed by atoms with E-state index in [4.69, 9.17) is 0 Å². The van der Waals surface area contributed by atoms with Crippen LogP contribution in [-0.4, -0.2) is 12.0 Å². The topological polar surface area (TPSA) is 24.9 Å². The predicted octanol–water partition coefficient (Wildman–Crippen LogP) is 3.86. The molecule has 0 aliphatic carbocycles. The number of aromatic nitrogens is 1. The predicted molar refractivity (Wildman–Crippen MR) is 76.5 cm³/mol. The first-order chi connectivity index (χ1) is 8.60. The van der Waals surface area contributed by atoms with Crippen molar-refractivity contribution in [1.29, 1.82) is 0 Å². The van der Waals surface area contributed by atoms with Gasteiger partial charge in [0, 0.05) is 15.4 Å². The highest BCUT2D eigenvalue weighted by Crippen LogP contribution is 2.26. The van der Waals surface area contributed by atoms with Gasteiger partial charge in [-0.05, 0) is 44.2 Å². The van der Waals surface area contributed by atoms with Gasteiger partial charge in [0.15, 0.2) is 0 Å². The fourth-order valence-corrected chi connectivity index (χ4v) is 3.36. The third-order valence-electron chi connectivity index (χ3n) is 2.81. The van der Waals surface area contributed by atoms with E-state index in [0.29, 0.717) is 0 Å². The lowest BCUT2D eigenvalue weighted by Gasteiger charge is -2.15. The molecule has 0 aliphatic heterocycles. The van der Waals surface area contributed by atoms with Crippen LogP contribution in [0.2, 0.25) is 0 Å². The minimum Gasteiger partial charge on any atom is -0.312 e. The summed E-state index contributed by atoms with van der Waals surface area (Å²) in [5, 5.41) is 3.27. The van der Waals surface area contributed by atoms with Gasteiger partial charge in [-0.15, -0.1) is 11.3 Å². The summed E-state index contributed by atoms with van der Waals surface area (Å²) < 4.78 is 14.1. The van der Waals surface area contributed by atoms with Crippen molar-refractivity contribution in [2.45, 2.75) is 19.4 Å². The Kier molecular flexibility index (Phi) is 4.48. The molecule has 0 bridgehead atoms. The van der Waals surface area contributed by atoms with Crippen molar-refractivity contribution >= 4 is 27.3 Å². The molecular formula is C13H14BrFN2S. The molecule has 0 spiro atoms. The van der Waals surface area contributed by atoms with Crippen molar-refractivity contribution in [1.82, 2.24) is 10.3 Å². The molecule has 2 aromatic rings. The molecule has 5 heteroatoms. The van der Waals surface area contributed by atoms with Gasteiger partial charge >= 0.3 is 0 Å². The molecular weight excluding hydrogens is 315 g/mol. The molecule has 1 aromatic heterocycles. The van der Waals surface area contributed by atoms with Crippen molar-refractivity contribution in [3.05, 3.63) is 50.1 Å². The zero-order valence-electron chi connectivity index (χ0n) is 10.2. The van der Waals surface area contributed by atoms with E-state index in [-0.39, 0.29) is 11.9 Å². The van der Waals surface area contributed by atoms with E-state index in [0.717, 1.165) is 22.2 Å². The second-order valence-corrected chi connectivity index (χ2v) is 5.93. The van der Waals surface area contributed by atoms with Crippen molar-refractivity contribution in [2.75, 3.05) is 7.05 Å². The summed E-state index contributed by atoms with van der Waals surface area (Å²) in [5.74, 6) is -0.213. The first-order valence-corrected chi connectivity index (χ1v) is 7.29. The van der Waals surface area contributed by atoms with Crippen LogP contribution in [0.15, 0.2) is 28.2 Å². The Morgan fingerprint density at radius 2 is 2.22 bits per heavy atom. The number of benzene rings is 1. The number of nitrogens with one attached hydrogen (secondary N) is 1. The molecule has 0 saturated heterocycles. The summed E-state index contributed by atoms with van der Waals surface area (Å²) in [6.45, 7) is 2.00. The van der Waals surface area contributed by atoms with E-state index in [1.54, 1.807) is 17.4 Å². The minimum absolute atomic E-state index is 0.172. The van der Waals surface area contributed by atoms with E-state index in [2.05, 4.69) is 26.2 Å². The van der Waals surface area contributed by atoms with Crippen molar-refractivity contribution in [3.8, 4) is 0 Å². The summed E-state index contributed by atoms with van der Waals surface area (Å²) in [6, 6.07) is 5.16. The van der Waals surface area contributed by atoms with Crippen LogP contribution in [0.3, 0.4) is 0 Å². The molecule has 2 rings (SSSR count). The average Bonchev–Trinajstić information content (AvgIpc) is 2.71. The fourth-order valence-electron chi connectivity index (χ4n) is 1.94. The van der Waals surface area contributed by atoms with Crippen LogP contribution < -0.4 is 5.32 Å². The molecule has 0 fully saturated rings. The summed E-state index contributed by atoms with van der Waals surface area (Å²) in [7, 11) is 1.91. The second kappa shape index (κ2) is 5.91. The fraction of sp³-hybridized carbons (Fsp3) is 0.308. The molecule has 96 valence electrons.